The molecule has 3 unspecified atom stereocenters. The van der Waals surface area contributed by atoms with E-state index in [-0.39, 0.29) is 12.0 Å². The molecule has 0 aromatic heterocycles. The third kappa shape index (κ3) is 4.48. The summed E-state index contributed by atoms with van der Waals surface area (Å²) in [6.07, 6.45) is 5.81. The molecule has 2 rings (SSSR count). The second kappa shape index (κ2) is 9.44. The monoisotopic (exact) mass is 349 g/mol. The minimum Gasteiger partial charge on any atom is -0.493 e. The molecule has 4 heteroatoms. The summed E-state index contributed by atoms with van der Waals surface area (Å²) in [7, 11) is 3.32. The number of benzene rings is 1. The van der Waals surface area contributed by atoms with Crippen LogP contribution in [-0.4, -0.2) is 39.0 Å². The van der Waals surface area contributed by atoms with Crippen molar-refractivity contribution >= 4 is 0 Å². The molecule has 1 aliphatic rings. The van der Waals surface area contributed by atoms with E-state index >= 15 is 0 Å². The van der Waals surface area contributed by atoms with Gasteiger partial charge in [0, 0.05) is 12.0 Å². The number of aliphatic hydroxyl groups is 1. The van der Waals surface area contributed by atoms with Crippen molar-refractivity contribution in [3.8, 4) is 11.5 Å². The molecule has 1 heterocycles. The van der Waals surface area contributed by atoms with Crippen molar-refractivity contribution in [3.63, 3.8) is 0 Å². The van der Waals surface area contributed by atoms with Crippen LogP contribution in [0.2, 0.25) is 0 Å². The van der Waals surface area contributed by atoms with Crippen LogP contribution in [0, 0.1) is 17.3 Å². The zero-order chi connectivity index (χ0) is 18.3. The summed E-state index contributed by atoms with van der Waals surface area (Å²) in [5.41, 5.74) is 1.11. The topological polar surface area (TPSA) is 50.7 Å². The molecule has 0 spiro atoms. The normalized spacial score (nSPS) is 24.3. The molecule has 0 radical (unpaired) electrons. The third-order valence-electron chi connectivity index (χ3n) is 5.97. The lowest BCUT2D eigenvalue weighted by molar-refractivity contribution is 0.0631. The van der Waals surface area contributed by atoms with Gasteiger partial charge in [-0.05, 0) is 42.5 Å². The lowest BCUT2D eigenvalue weighted by Crippen LogP contribution is -2.40. The molecule has 4 nitrogen and oxygen atoms in total. The van der Waals surface area contributed by atoms with Gasteiger partial charge in [-0.1, -0.05) is 45.6 Å². The van der Waals surface area contributed by atoms with Gasteiger partial charge >= 0.3 is 0 Å². The van der Waals surface area contributed by atoms with Crippen molar-refractivity contribution < 1.29 is 14.6 Å². The molecule has 1 fully saturated rings. The van der Waals surface area contributed by atoms with Crippen molar-refractivity contribution in [2.45, 2.75) is 46.0 Å². The van der Waals surface area contributed by atoms with E-state index in [4.69, 9.17) is 9.47 Å². The maximum atomic E-state index is 10.3. The molecule has 25 heavy (non-hydrogen) atoms. The van der Waals surface area contributed by atoms with Crippen LogP contribution in [0.5, 0.6) is 11.5 Å². The number of aliphatic hydroxyl groups excluding tert-OH is 1. The van der Waals surface area contributed by atoms with E-state index < -0.39 is 0 Å². The Kier molecular flexibility index (Phi) is 7.57. The van der Waals surface area contributed by atoms with Crippen LogP contribution >= 0.6 is 0 Å². The van der Waals surface area contributed by atoms with Gasteiger partial charge in [-0.15, -0.1) is 0 Å². The molecular weight excluding hydrogens is 314 g/mol. The fourth-order valence-electron chi connectivity index (χ4n) is 4.47. The fourth-order valence-corrected chi connectivity index (χ4v) is 4.47. The predicted octanol–water partition coefficient (Wildman–Crippen LogP) is 3.66. The largest absolute Gasteiger partial charge is 0.493 e. The average Bonchev–Trinajstić information content (AvgIpc) is 3.06. The minimum atomic E-state index is -0.0893. The quantitative estimate of drug-likeness (QED) is 0.677. The number of unbranched alkanes of at least 4 members (excludes halogenated alkanes) is 1. The smallest absolute Gasteiger partial charge is 0.160 e. The van der Waals surface area contributed by atoms with Gasteiger partial charge in [-0.25, -0.2) is 0 Å². The van der Waals surface area contributed by atoms with Crippen LogP contribution < -0.4 is 14.8 Å². The van der Waals surface area contributed by atoms with Gasteiger partial charge < -0.3 is 19.9 Å². The van der Waals surface area contributed by atoms with Crippen molar-refractivity contribution in [1.29, 1.82) is 0 Å². The van der Waals surface area contributed by atoms with E-state index in [1.807, 2.05) is 6.07 Å². The summed E-state index contributed by atoms with van der Waals surface area (Å²) < 4.78 is 10.8. The Morgan fingerprint density at radius 3 is 2.60 bits per heavy atom. The zero-order valence-corrected chi connectivity index (χ0v) is 16.3. The van der Waals surface area contributed by atoms with E-state index in [1.54, 1.807) is 14.2 Å². The summed E-state index contributed by atoms with van der Waals surface area (Å²) >= 11 is 0. The first-order valence-corrected chi connectivity index (χ1v) is 9.66. The minimum absolute atomic E-state index is 0.0893. The SMILES string of the molecule is CCCCC(CC)C1CNCC1(CO)Cc1ccc(OC)c(OC)c1. The standard InChI is InChI=1S/C21H35NO3/c1-5-7-8-17(6-2)18-13-22-14-21(18,15-23)12-16-9-10-19(24-3)20(11-16)25-4/h9-11,17-18,22-23H,5-8,12-15H2,1-4H3. The Bertz CT molecular complexity index is 534. The van der Waals surface area contributed by atoms with Crippen LogP contribution in [0.15, 0.2) is 18.2 Å². The lowest BCUT2D eigenvalue weighted by atomic mass is 9.67. The first-order chi connectivity index (χ1) is 12.1. The zero-order valence-electron chi connectivity index (χ0n) is 16.3. The first kappa shape index (κ1) is 20.1. The van der Waals surface area contributed by atoms with Gasteiger partial charge in [-0.2, -0.15) is 0 Å². The van der Waals surface area contributed by atoms with Crippen molar-refractivity contribution in [3.05, 3.63) is 23.8 Å². The van der Waals surface area contributed by atoms with Crippen molar-refractivity contribution in [1.82, 2.24) is 5.32 Å². The Labute approximate surface area is 152 Å². The Balaban J connectivity index is 2.23. The summed E-state index contributed by atoms with van der Waals surface area (Å²) in [4.78, 5) is 0. The van der Waals surface area contributed by atoms with Gasteiger partial charge in [0.15, 0.2) is 11.5 Å². The molecule has 0 saturated carbocycles. The number of rotatable bonds is 10. The van der Waals surface area contributed by atoms with E-state index in [2.05, 4.69) is 31.3 Å². The molecule has 0 amide bonds. The Morgan fingerprint density at radius 2 is 2.00 bits per heavy atom. The summed E-state index contributed by atoms with van der Waals surface area (Å²) in [6, 6.07) is 6.12. The highest BCUT2D eigenvalue weighted by Crippen LogP contribution is 2.43. The number of hydrogen-bond donors (Lipinski definition) is 2. The molecule has 2 N–H and O–H groups in total. The van der Waals surface area contributed by atoms with Crippen LogP contribution in [0.4, 0.5) is 0 Å². The van der Waals surface area contributed by atoms with Crippen molar-refractivity contribution in [2.24, 2.45) is 17.3 Å². The predicted molar refractivity (Wildman–Crippen MR) is 102 cm³/mol. The molecule has 1 aliphatic heterocycles. The van der Waals surface area contributed by atoms with Gasteiger partial charge in [0.05, 0.1) is 20.8 Å². The van der Waals surface area contributed by atoms with E-state index in [1.165, 1.54) is 31.2 Å². The fraction of sp³-hybridized carbons (Fsp3) is 0.714. The summed E-state index contributed by atoms with van der Waals surface area (Å²) in [5.74, 6) is 2.69. The van der Waals surface area contributed by atoms with Crippen LogP contribution in [0.3, 0.4) is 0 Å². The maximum absolute atomic E-state index is 10.3. The highest BCUT2D eigenvalue weighted by molar-refractivity contribution is 5.43. The van der Waals surface area contributed by atoms with Crippen molar-refractivity contribution in [2.75, 3.05) is 33.9 Å². The van der Waals surface area contributed by atoms with Gasteiger partial charge in [0.2, 0.25) is 0 Å². The maximum Gasteiger partial charge on any atom is 0.160 e. The molecule has 0 aliphatic carbocycles. The van der Waals surface area contributed by atoms with Gasteiger partial charge in [0.25, 0.3) is 0 Å². The molecule has 3 atom stereocenters. The first-order valence-electron chi connectivity index (χ1n) is 9.66. The second-order valence-electron chi connectivity index (χ2n) is 7.43. The number of ether oxygens (including phenoxy) is 2. The Morgan fingerprint density at radius 1 is 1.24 bits per heavy atom. The molecule has 1 saturated heterocycles. The third-order valence-corrected chi connectivity index (χ3v) is 5.97. The van der Waals surface area contributed by atoms with Crippen LogP contribution in [-0.2, 0) is 6.42 Å². The highest BCUT2D eigenvalue weighted by Gasteiger charge is 2.45. The number of nitrogens with one attached hydrogen (secondary N) is 1. The van der Waals surface area contributed by atoms with E-state index in [0.717, 1.165) is 31.0 Å². The molecule has 1 aromatic rings. The van der Waals surface area contributed by atoms with E-state index in [9.17, 15) is 5.11 Å². The Hall–Kier alpha value is -1.26. The molecule has 0 bridgehead atoms. The molecule has 1 aromatic carbocycles. The number of hydrogen-bond acceptors (Lipinski definition) is 4. The van der Waals surface area contributed by atoms with Gasteiger partial charge in [0.1, 0.15) is 0 Å². The van der Waals surface area contributed by atoms with Crippen LogP contribution in [0.1, 0.15) is 45.1 Å². The van der Waals surface area contributed by atoms with Crippen LogP contribution in [0.25, 0.3) is 0 Å². The van der Waals surface area contributed by atoms with E-state index in [0.29, 0.717) is 11.8 Å². The number of methoxy groups -OCH3 is 2. The van der Waals surface area contributed by atoms with Gasteiger partial charge in [-0.3, -0.25) is 0 Å². The summed E-state index contributed by atoms with van der Waals surface area (Å²) in [6.45, 7) is 6.66. The molecule has 142 valence electrons. The summed E-state index contributed by atoms with van der Waals surface area (Å²) in [5, 5.41) is 13.9. The average molecular weight is 350 g/mol. The molecular formula is C21H35NO3. The highest BCUT2D eigenvalue weighted by atomic mass is 16.5. The second-order valence-corrected chi connectivity index (χ2v) is 7.43. The lowest BCUT2D eigenvalue weighted by Gasteiger charge is -2.38.